The van der Waals surface area contributed by atoms with Crippen molar-refractivity contribution in [3.8, 4) is 0 Å². The number of hydrogen-bond donors (Lipinski definition) is 2. The first kappa shape index (κ1) is 14.5. The second kappa shape index (κ2) is 6.36. The second-order valence-electron chi connectivity index (χ2n) is 5.89. The lowest BCUT2D eigenvalue weighted by Crippen LogP contribution is -2.49. The van der Waals surface area contributed by atoms with E-state index in [-0.39, 0.29) is 11.4 Å². The highest BCUT2D eigenvalue weighted by Crippen LogP contribution is 2.09. The Labute approximate surface area is 105 Å². The first-order chi connectivity index (χ1) is 7.90. The Morgan fingerprint density at radius 1 is 1.29 bits per heavy atom. The van der Waals surface area contributed by atoms with Crippen LogP contribution in [-0.2, 0) is 4.79 Å². The number of hydrogen-bond acceptors (Lipinski definition) is 3. The van der Waals surface area contributed by atoms with E-state index in [1.165, 1.54) is 0 Å². The predicted octanol–water partition coefficient (Wildman–Crippen LogP) is 0.975. The van der Waals surface area contributed by atoms with Crippen LogP contribution < -0.4 is 10.6 Å². The molecule has 1 heterocycles. The molecule has 0 spiro atoms. The van der Waals surface area contributed by atoms with E-state index in [2.05, 4.69) is 22.5 Å². The quantitative estimate of drug-likeness (QED) is 0.771. The molecule has 1 fully saturated rings. The Morgan fingerprint density at radius 3 is 2.35 bits per heavy atom. The standard InChI is InChI=1S/C13H27N3O/c1-5-16-8-6-11(7-9-16)14-10-12(17)15-13(2,3)4/h11,14H,5-10H2,1-4H3,(H,15,17). The van der Waals surface area contributed by atoms with Crippen LogP contribution in [0.2, 0.25) is 0 Å². The van der Waals surface area contributed by atoms with Crippen molar-refractivity contribution in [2.45, 2.75) is 52.1 Å². The van der Waals surface area contributed by atoms with Gasteiger partial charge in [0.2, 0.25) is 5.91 Å². The average molecular weight is 241 g/mol. The molecule has 0 bridgehead atoms. The van der Waals surface area contributed by atoms with Crippen LogP contribution in [0.1, 0.15) is 40.5 Å². The van der Waals surface area contributed by atoms with Crippen molar-refractivity contribution in [1.82, 2.24) is 15.5 Å². The van der Waals surface area contributed by atoms with Crippen molar-refractivity contribution in [3.63, 3.8) is 0 Å². The first-order valence-corrected chi connectivity index (χ1v) is 6.67. The molecular weight excluding hydrogens is 214 g/mol. The summed E-state index contributed by atoms with van der Waals surface area (Å²) in [6.45, 7) is 12.1. The summed E-state index contributed by atoms with van der Waals surface area (Å²) in [5, 5.41) is 6.32. The molecule has 0 atom stereocenters. The molecule has 0 aromatic rings. The van der Waals surface area contributed by atoms with E-state index in [4.69, 9.17) is 0 Å². The van der Waals surface area contributed by atoms with Gasteiger partial charge in [-0.25, -0.2) is 0 Å². The van der Waals surface area contributed by atoms with Crippen molar-refractivity contribution in [2.24, 2.45) is 0 Å². The number of piperidine rings is 1. The van der Waals surface area contributed by atoms with Crippen molar-refractivity contribution in [1.29, 1.82) is 0 Å². The van der Waals surface area contributed by atoms with Crippen LogP contribution in [-0.4, -0.2) is 48.6 Å². The maximum atomic E-state index is 11.6. The largest absolute Gasteiger partial charge is 0.350 e. The summed E-state index contributed by atoms with van der Waals surface area (Å²) in [5.74, 6) is 0.0930. The zero-order chi connectivity index (χ0) is 12.9. The SMILES string of the molecule is CCN1CCC(NCC(=O)NC(C)(C)C)CC1. The zero-order valence-corrected chi connectivity index (χ0v) is 11.7. The van der Waals surface area contributed by atoms with Crippen LogP contribution in [0, 0.1) is 0 Å². The maximum absolute atomic E-state index is 11.6. The van der Waals surface area contributed by atoms with Gasteiger partial charge in [0.1, 0.15) is 0 Å². The molecule has 4 heteroatoms. The molecule has 0 radical (unpaired) electrons. The highest BCUT2D eigenvalue weighted by Gasteiger charge is 2.19. The molecule has 1 rings (SSSR count). The topological polar surface area (TPSA) is 44.4 Å². The number of carbonyl (C=O) groups is 1. The molecule has 1 saturated heterocycles. The fourth-order valence-corrected chi connectivity index (χ4v) is 2.15. The van der Waals surface area contributed by atoms with Gasteiger partial charge in [-0.05, 0) is 53.2 Å². The number of nitrogens with zero attached hydrogens (tertiary/aromatic N) is 1. The molecule has 1 amide bonds. The highest BCUT2D eigenvalue weighted by molar-refractivity contribution is 5.78. The van der Waals surface area contributed by atoms with Crippen LogP contribution in [0.15, 0.2) is 0 Å². The molecule has 0 aromatic heterocycles. The molecule has 0 aliphatic carbocycles. The van der Waals surface area contributed by atoms with E-state index < -0.39 is 0 Å². The Kier molecular flexibility index (Phi) is 5.40. The fourth-order valence-electron chi connectivity index (χ4n) is 2.15. The minimum atomic E-state index is -0.135. The summed E-state index contributed by atoms with van der Waals surface area (Å²) in [6, 6.07) is 0.503. The predicted molar refractivity (Wildman–Crippen MR) is 71.0 cm³/mol. The third kappa shape index (κ3) is 6.03. The van der Waals surface area contributed by atoms with Crippen LogP contribution >= 0.6 is 0 Å². The number of carbonyl (C=O) groups excluding carboxylic acids is 1. The van der Waals surface area contributed by atoms with Gasteiger partial charge in [-0.2, -0.15) is 0 Å². The molecule has 0 aromatic carbocycles. The summed E-state index contributed by atoms with van der Waals surface area (Å²) in [5.41, 5.74) is -0.135. The number of rotatable bonds is 4. The molecule has 4 nitrogen and oxygen atoms in total. The minimum Gasteiger partial charge on any atom is -0.350 e. The number of likely N-dealkylation sites (tertiary alicyclic amines) is 1. The zero-order valence-electron chi connectivity index (χ0n) is 11.7. The Balaban J connectivity index is 2.17. The first-order valence-electron chi connectivity index (χ1n) is 6.67. The van der Waals surface area contributed by atoms with E-state index in [1.54, 1.807) is 0 Å². The monoisotopic (exact) mass is 241 g/mol. The summed E-state index contributed by atoms with van der Waals surface area (Å²) in [6.07, 6.45) is 2.30. The summed E-state index contributed by atoms with van der Waals surface area (Å²) < 4.78 is 0. The van der Waals surface area contributed by atoms with E-state index in [0.29, 0.717) is 12.6 Å². The summed E-state index contributed by atoms with van der Waals surface area (Å²) >= 11 is 0. The lowest BCUT2D eigenvalue weighted by molar-refractivity contribution is -0.121. The minimum absolute atomic E-state index is 0.0930. The van der Waals surface area contributed by atoms with Crippen LogP contribution in [0.4, 0.5) is 0 Å². The van der Waals surface area contributed by atoms with Gasteiger partial charge in [0.15, 0.2) is 0 Å². The molecule has 0 saturated carbocycles. The normalized spacial score (nSPS) is 19.3. The van der Waals surface area contributed by atoms with Crippen LogP contribution in [0.3, 0.4) is 0 Å². The fraction of sp³-hybridized carbons (Fsp3) is 0.923. The molecule has 100 valence electrons. The lowest BCUT2D eigenvalue weighted by atomic mass is 10.1. The molecule has 0 unspecified atom stereocenters. The van der Waals surface area contributed by atoms with Gasteiger partial charge < -0.3 is 15.5 Å². The average Bonchev–Trinajstić information content (AvgIpc) is 2.25. The smallest absolute Gasteiger partial charge is 0.234 e. The van der Waals surface area contributed by atoms with Gasteiger partial charge in [-0.1, -0.05) is 6.92 Å². The number of nitrogens with one attached hydrogen (secondary N) is 2. The third-order valence-corrected chi connectivity index (χ3v) is 3.10. The van der Waals surface area contributed by atoms with Crippen molar-refractivity contribution < 1.29 is 4.79 Å². The van der Waals surface area contributed by atoms with Gasteiger partial charge >= 0.3 is 0 Å². The van der Waals surface area contributed by atoms with E-state index >= 15 is 0 Å². The molecular formula is C13H27N3O. The Morgan fingerprint density at radius 2 is 1.88 bits per heavy atom. The van der Waals surface area contributed by atoms with Gasteiger partial charge in [-0.3, -0.25) is 4.79 Å². The summed E-state index contributed by atoms with van der Waals surface area (Å²) in [7, 11) is 0. The van der Waals surface area contributed by atoms with Gasteiger partial charge in [0.05, 0.1) is 6.54 Å². The van der Waals surface area contributed by atoms with Crippen molar-refractivity contribution in [2.75, 3.05) is 26.2 Å². The van der Waals surface area contributed by atoms with Crippen LogP contribution in [0.5, 0.6) is 0 Å². The van der Waals surface area contributed by atoms with Crippen molar-refractivity contribution >= 4 is 5.91 Å². The molecule has 17 heavy (non-hydrogen) atoms. The van der Waals surface area contributed by atoms with E-state index in [0.717, 1.165) is 32.5 Å². The third-order valence-electron chi connectivity index (χ3n) is 3.10. The second-order valence-corrected chi connectivity index (χ2v) is 5.89. The lowest BCUT2D eigenvalue weighted by Gasteiger charge is -2.31. The van der Waals surface area contributed by atoms with Crippen molar-refractivity contribution in [3.05, 3.63) is 0 Å². The molecule has 1 aliphatic rings. The van der Waals surface area contributed by atoms with E-state index in [1.807, 2.05) is 20.8 Å². The van der Waals surface area contributed by atoms with Gasteiger partial charge in [0.25, 0.3) is 0 Å². The van der Waals surface area contributed by atoms with Gasteiger partial charge in [-0.15, -0.1) is 0 Å². The molecule has 2 N–H and O–H groups in total. The molecule has 1 aliphatic heterocycles. The summed E-state index contributed by atoms with van der Waals surface area (Å²) in [4.78, 5) is 14.1. The highest BCUT2D eigenvalue weighted by atomic mass is 16.2. The van der Waals surface area contributed by atoms with Crippen LogP contribution in [0.25, 0.3) is 0 Å². The Hall–Kier alpha value is -0.610. The van der Waals surface area contributed by atoms with E-state index in [9.17, 15) is 4.79 Å². The van der Waals surface area contributed by atoms with Gasteiger partial charge in [0, 0.05) is 11.6 Å². The maximum Gasteiger partial charge on any atom is 0.234 e. The Bertz CT molecular complexity index is 240. The number of amides is 1.